The van der Waals surface area contributed by atoms with Gasteiger partial charge in [0.25, 0.3) is 0 Å². The first-order valence-corrected chi connectivity index (χ1v) is 7.28. The molecule has 1 aromatic rings. The van der Waals surface area contributed by atoms with Gasteiger partial charge in [-0.1, -0.05) is 0 Å². The maximum absolute atomic E-state index is 4.18. The monoisotopic (exact) mass is 237 g/mol. The van der Waals surface area contributed by atoms with Gasteiger partial charge in [0.15, 0.2) is 0 Å². The summed E-state index contributed by atoms with van der Waals surface area (Å²) in [5.74, 6) is 0. The zero-order chi connectivity index (χ0) is 5.82. The Labute approximate surface area is 73.2 Å². The summed E-state index contributed by atoms with van der Waals surface area (Å²) in [7, 11) is 0. The normalized spacial score (nSPS) is 7.22. The van der Waals surface area contributed by atoms with Gasteiger partial charge in [-0.15, -0.1) is 17.0 Å². The summed E-state index contributed by atoms with van der Waals surface area (Å²) in [4.78, 5) is 4.18. The molecule has 0 saturated heterocycles. The Kier molecular flexibility index (Phi) is 5.21. The van der Waals surface area contributed by atoms with E-state index in [1.807, 2.05) is 12.3 Å². The van der Waals surface area contributed by atoms with Crippen molar-refractivity contribution in [3.05, 3.63) is 24.4 Å². The van der Waals surface area contributed by atoms with Gasteiger partial charge in [0.2, 0.25) is 0 Å². The van der Waals surface area contributed by atoms with E-state index in [0.29, 0.717) is 0 Å². The molecule has 0 fully saturated rings. The van der Waals surface area contributed by atoms with Crippen LogP contribution in [0.15, 0.2) is 24.4 Å². The van der Waals surface area contributed by atoms with Crippen molar-refractivity contribution >= 4 is 21.3 Å². The second-order valence-electron chi connectivity index (χ2n) is 1.67. The van der Waals surface area contributed by atoms with E-state index in [9.17, 15) is 0 Å². The van der Waals surface area contributed by atoms with Crippen LogP contribution in [0.4, 0.5) is 0 Å². The zero-order valence-corrected chi connectivity index (χ0v) is 10.1. The molecular formula is C6H8BrNZn. The van der Waals surface area contributed by atoms with Gasteiger partial charge in [0.05, 0.1) is 0 Å². The van der Waals surface area contributed by atoms with Crippen LogP contribution in [0.2, 0.25) is 5.52 Å². The number of halogens is 1. The van der Waals surface area contributed by atoms with Crippen LogP contribution in [0.25, 0.3) is 0 Å². The summed E-state index contributed by atoms with van der Waals surface area (Å²) in [6.07, 6.45) is 1.87. The van der Waals surface area contributed by atoms with Crippen LogP contribution in [0.3, 0.4) is 0 Å². The fourth-order valence-corrected chi connectivity index (χ4v) is 1.99. The van der Waals surface area contributed by atoms with Crippen LogP contribution < -0.4 is 4.29 Å². The zero-order valence-electron chi connectivity index (χ0n) is 5.37. The van der Waals surface area contributed by atoms with E-state index in [1.54, 1.807) is 0 Å². The number of pyridine rings is 1. The van der Waals surface area contributed by atoms with Crippen LogP contribution in [0, 0.1) is 0 Å². The van der Waals surface area contributed by atoms with E-state index >= 15 is 0 Å². The Balaban J connectivity index is 0.000000640. The molecule has 0 radical (unpaired) electrons. The van der Waals surface area contributed by atoms with Crippen molar-refractivity contribution in [1.29, 1.82) is 0 Å². The first-order chi connectivity index (χ1) is 3.93. The third kappa shape index (κ3) is 3.07. The summed E-state index contributed by atoms with van der Waals surface area (Å²) in [5, 5.41) is 0. The van der Waals surface area contributed by atoms with Crippen molar-refractivity contribution in [2.75, 3.05) is 0 Å². The average Bonchev–Trinajstić information content (AvgIpc) is 1.90. The quantitative estimate of drug-likeness (QED) is 0.676. The summed E-state index contributed by atoms with van der Waals surface area (Å²) in [5.41, 5.74) is 2.29. The van der Waals surface area contributed by atoms with Crippen LogP contribution in [-0.2, 0) is 17.1 Å². The van der Waals surface area contributed by atoms with E-state index in [-0.39, 0.29) is 34.1 Å². The Morgan fingerprint density at radius 2 is 2.22 bits per heavy atom. The molecule has 1 heterocycles. The van der Waals surface area contributed by atoms with Crippen molar-refractivity contribution < 1.29 is 17.1 Å². The third-order valence-corrected chi connectivity index (χ3v) is 3.49. The predicted octanol–water partition coefficient (Wildman–Crippen LogP) is 1.42. The summed E-state index contributed by atoms with van der Waals surface area (Å²) >= 11 is -0.387. The Hall–Kier alpha value is 0.253. The molecule has 9 heavy (non-hydrogen) atoms. The van der Waals surface area contributed by atoms with Gasteiger partial charge in [-0.05, 0) is 0 Å². The minimum atomic E-state index is -0.387. The molecule has 0 saturated carbocycles. The van der Waals surface area contributed by atoms with Crippen LogP contribution in [-0.4, -0.2) is 4.98 Å². The first kappa shape index (κ1) is 9.25. The molecule has 0 atom stereocenters. The molecule has 0 aliphatic rings. The molecule has 1 rings (SSSR count). The molecule has 0 spiro atoms. The van der Waals surface area contributed by atoms with E-state index < -0.39 is 0 Å². The summed E-state index contributed by atoms with van der Waals surface area (Å²) in [6, 6.07) is 6.12. The molecule has 0 aliphatic carbocycles. The van der Waals surface area contributed by atoms with Crippen molar-refractivity contribution in [2.45, 2.75) is 5.52 Å². The average molecular weight is 239 g/mol. The van der Waals surface area contributed by atoms with Crippen molar-refractivity contribution in [3.8, 4) is 0 Å². The molecule has 0 amide bonds. The molecule has 1 aromatic heterocycles. The van der Waals surface area contributed by atoms with Gasteiger partial charge in [0, 0.05) is 0 Å². The molecular weight excluding hydrogens is 231 g/mol. The Bertz CT molecular complexity index is 154. The molecule has 3 heteroatoms. The number of hydrogen-bond donors (Lipinski definition) is 0. The maximum atomic E-state index is 4.18. The molecule has 0 aliphatic heterocycles. The third-order valence-electron chi connectivity index (χ3n) is 1.09. The number of aromatic nitrogens is 1. The topological polar surface area (TPSA) is 12.9 Å². The minimum absolute atomic E-state index is 0. The molecule has 0 unspecified atom stereocenters. The van der Waals surface area contributed by atoms with Gasteiger partial charge in [-0.3, -0.25) is 0 Å². The van der Waals surface area contributed by atoms with Crippen molar-refractivity contribution in [1.82, 2.24) is 4.98 Å². The van der Waals surface area contributed by atoms with Gasteiger partial charge >= 0.3 is 56.3 Å². The standard InChI is InChI=1S/C5H4N.CH3.BrH.Zn/c1-2-4-6-5-3-1;;;/h1-4H;1H3;1H;. The van der Waals surface area contributed by atoms with Gasteiger partial charge in [-0.2, -0.15) is 0 Å². The second-order valence-corrected chi connectivity index (χ2v) is 4.68. The van der Waals surface area contributed by atoms with Crippen LogP contribution in [0.1, 0.15) is 0 Å². The van der Waals surface area contributed by atoms with Crippen molar-refractivity contribution in [3.63, 3.8) is 0 Å². The number of hydrogen-bond acceptors (Lipinski definition) is 1. The fraction of sp³-hybridized carbons (Fsp3) is 0.167. The fourth-order valence-electron chi connectivity index (χ4n) is 0.607. The SMILES string of the molecule is Br.[CH3][Zn][c]1ccccn1. The predicted molar refractivity (Wildman–Crippen MR) is 40.1 cm³/mol. The first-order valence-electron chi connectivity index (χ1n) is 2.83. The van der Waals surface area contributed by atoms with Gasteiger partial charge in [-0.25, -0.2) is 0 Å². The van der Waals surface area contributed by atoms with Crippen molar-refractivity contribution in [2.24, 2.45) is 0 Å². The van der Waals surface area contributed by atoms with E-state index in [4.69, 9.17) is 0 Å². The second kappa shape index (κ2) is 5.07. The van der Waals surface area contributed by atoms with Gasteiger partial charge < -0.3 is 0 Å². The number of nitrogens with zero attached hydrogens (tertiary/aromatic N) is 1. The molecule has 0 aromatic carbocycles. The Morgan fingerprint density at radius 3 is 2.56 bits per heavy atom. The molecule has 46 valence electrons. The summed E-state index contributed by atoms with van der Waals surface area (Å²) in [6.45, 7) is 0. The van der Waals surface area contributed by atoms with Gasteiger partial charge in [0.1, 0.15) is 0 Å². The number of rotatable bonds is 1. The van der Waals surface area contributed by atoms with E-state index in [2.05, 4.69) is 22.6 Å². The summed E-state index contributed by atoms with van der Waals surface area (Å²) < 4.78 is 1.35. The molecule has 0 N–H and O–H groups in total. The van der Waals surface area contributed by atoms with E-state index in [0.717, 1.165) is 0 Å². The van der Waals surface area contributed by atoms with Crippen LogP contribution >= 0.6 is 17.0 Å². The molecule has 0 bridgehead atoms. The van der Waals surface area contributed by atoms with E-state index in [1.165, 1.54) is 4.29 Å². The molecule has 1 nitrogen and oxygen atoms in total. The Morgan fingerprint density at radius 1 is 1.44 bits per heavy atom. The van der Waals surface area contributed by atoms with Crippen LogP contribution in [0.5, 0.6) is 0 Å².